The number of rotatable bonds is 2. The fourth-order valence-corrected chi connectivity index (χ4v) is 3.49. The number of carbonyl (C=O) groups excluding carboxylic acids is 1. The minimum absolute atomic E-state index is 0.0223. The molecule has 0 spiro atoms. The largest absolute Gasteiger partial charge is 0.370 e. The van der Waals surface area contributed by atoms with Crippen LogP contribution in [0, 0.1) is 5.92 Å². The maximum atomic E-state index is 12.6. The van der Waals surface area contributed by atoms with Gasteiger partial charge in [0, 0.05) is 23.0 Å². The summed E-state index contributed by atoms with van der Waals surface area (Å²) in [6, 6.07) is 8.31. The molecule has 1 amide bonds. The summed E-state index contributed by atoms with van der Waals surface area (Å²) in [4.78, 5) is 14.5. The molecule has 2 aliphatic rings. The van der Waals surface area contributed by atoms with E-state index < -0.39 is 0 Å². The molecule has 0 unspecified atom stereocenters. The molecule has 2 N–H and O–H groups in total. The molecule has 1 aliphatic carbocycles. The lowest BCUT2D eigenvalue weighted by molar-refractivity contribution is -0.143. The number of carbonyl (C=O) groups is 1. The van der Waals surface area contributed by atoms with Gasteiger partial charge in [0.25, 0.3) is 0 Å². The molecule has 21 heavy (non-hydrogen) atoms. The molecule has 3 atom stereocenters. The van der Waals surface area contributed by atoms with Gasteiger partial charge in [0.1, 0.15) is 6.10 Å². The second-order valence-corrected chi connectivity index (χ2v) is 6.88. The van der Waals surface area contributed by atoms with Gasteiger partial charge in [0.05, 0.1) is 13.2 Å². The first-order valence-electron chi connectivity index (χ1n) is 7.55. The van der Waals surface area contributed by atoms with Crippen molar-refractivity contribution in [2.45, 2.75) is 31.4 Å². The SMILES string of the molecule is N[C@@H]1CC[C@@H](C(=O)N2CCO[C@H](c3ccc(Br)cc3)C2)C1. The van der Waals surface area contributed by atoms with Crippen LogP contribution in [0.5, 0.6) is 0 Å². The molecule has 2 fully saturated rings. The first-order chi connectivity index (χ1) is 10.1. The van der Waals surface area contributed by atoms with Crippen molar-refractivity contribution < 1.29 is 9.53 Å². The molecule has 1 aliphatic heterocycles. The van der Waals surface area contributed by atoms with Crippen molar-refractivity contribution in [3.05, 3.63) is 34.3 Å². The van der Waals surface area contributed by atoms with Crippen LogP contribution in [0.25, 0.3) is 0 Å². The molecule has 1 aromatic carbocycles. The minimum Gasteiger partial charge on any atom is -0.370 e. The highest BCUT2D eigenvalue weighted by molar-refractivity contribution is 9.10. The number of benzene rings is 1. The van der Waals surface area contributed by atoms with Crippen molar-refractivity contribution in [1.29, 1.82) is 0 Å². The van der Waals surface area contributed by atoms with Crippen molar-refractivity contribution in [3.63, 3.8) is 0 Å². The number of hydrogen-bond donors (Lipinski definition) is 1. The minimum atomic E-state index is -0.0223. The Morgan fingerprint density at radius 2 is 2.05 bits per heavy atom. The second kappa shape index (κ2) is 6.46. The lowest BCUT2D eigenvalue weighted by Gasteiger charge is -2.34. The van der Waals surface area contributed by atoms with E-state index in [1.807, 2.05) is 29.2 Å². The molecule has 0 bridgehead atoms. The van der Waals surface area contributed by atoms with E-state index >= 15 is 0 Å². The summed E-state index contributed by atoms with van der Waals surface area (Å²) in [6.45, 7) is 1.94. The third-order valence-corrected chi connectivity index (χ3v) is 4.97. The van der Waals surface area contributed by atoms with Crippen LogP contribution >= 0.6 is 15.9 Å². The maximum absolute atomic E-state index is 12.6. The number of nitrogens with zero attached hydrogens (tertiary/aromatic N) is 1. The highest BCUT2D eigenvalue weighted by atomic mass is 79.9. The maximum Gasteiger partial charge on any atom is 0.225 e. The quantitative estimate of drug-likeness (QED) is 0.889. The summed E-state index contributed by atoms with van der Waals surface area (Å²) in [6.07, 6.45) is 2.71. The van der Waals surface area contributed by atoms with E-state index in [2.05, 4.69) is 15.9 Å². The summed E-state index contributed by atoms with van der Waals surface area (Å²) in [5, 5.41) is 0. The zero-order valence-electron chi connectivity index (χ0n) is 12.0. The van der Waals surface area contributed by atoms with Gasteiger partial charge in [0.2, 0.25) is 5.91 Å². The zero-order chi connectivity index (χ0) is 14.8. The Hall–Kier alpha value is -0.910. The van der Waals surface area contributed by atoms with E-state index in [-0.39, 0.29) is 24.0 Å². The van der Waals surface area contributed by atoms with Crippen LogP contribution < -0.4 is 5.73 Å². The Morgan fingerprint density at radius 1 is 1.29 bits per heavy atom. The summed E-state index contributed by atoms with van der Waals surface area (Å²) >= 11 is 3.44. The number of ether oxygens (including phenoxy) is 1. The van der Waals surface area contributed by atoms with Crippen LogP contribution in [-0.4, -0.2) is 36.5 Å². The molecule has 4 nitrogen and oxygen atoms in total. The lowest BCUT2D eigenvalue weighted by Crippen LogP contribution is -2.44. The third kappa shape index (κ3) is 3.47. The fourth-order valence-electron chi connectivity index (χ4n) is 3.23. The van der Waals surface area contributed by atoms with Gasteiger partial charge in [-0.2, -0.15) is 0 Å². The van der Waals surface area contributed by atoms with E-state index in [0.717, 1.165) is 29.3 Å². The predicted molar refractivity (Wildman–Crippen MR) is 84.7 cm³/mol. The Balaban J connectivity index is 1.65. The van der Waals surface area contributed by atoms with Gasteiger partial charge in [-0.3, -0.25) is 4.79 Å². The van der Waals surface area contributed by atoms with Crippen molar-refractivity contribution >= 4 is 21.8 Å². The van der Waals surface area contributed by atoms with Crippen molar-refractivity contribution in [2.24, 2.45) is 11.7 Å². The number of nitrogens with two attached hydrogens (primary N) is 1. The Kier molecular flexibility index (Phi) is 4.62. The van der Waals surface area contributed by atoms with Crippen LogP contribution in [0.1, 0.15) is 30.9 Å². The van der Waals surface area contributed by atoms with E-state index in [0.29, 0.717) is 19.7 Å². The van der Waals surface area contributed by atoms with Crippen LogP contribution in [0.2, 0.25) is 0 Å². The smallest absolute Gasteiger partial charge is 0.225 e. The van der Waals surface area contributed by atoms with E-state index in [4.69, 9.17) is 10.5 Å². The number of halogens is 1. The van der Waals surface area contributed by atoms with E-state index in [9.17, 15) is 4.79 Å². The van der Waals surface area contributed by atoms with Crippen LogP contribution in [0.3, 0.4) is 0 Å². The van der Waals surface area contributed by atoms with Gasteiger partial charge in [0.15, 0.2) is 0 Å². The van der Waals surface area contributed by atoms with Crippen LogP contribution in [0.15, 0.2) is 28.7 Å². The fraction of sp³-hybridized carbons (Fsp3) is 0.562. The lowest BCUT2D eigenvalue weighted by atomic mass is 10.0. The number of morpholine rings is 1. The predicted octanol–water partition coefficient (Wildman–Crippen LogP) is 2.48. The molecule has 0 radical (unpaired) electrons. The van der Waals surface area contributed by atoms with Gasteiger partial charge < -0.3 is 15.4 Å². The standard InChI is InChI=1S/C16H21BrN2O2/c17-13-4-1-11(2-5-13)15-10-19(7-8-21-15)16(20)12-3-6-14(18)9-12/h1-2,4-5,12,14-15H,3,6-10,18H2/t12-,14-,15+/m1/s1. The molecule has 0 aromatic heterocycles. The van der Waals surface area contributed by atoms with Gasteiger partial charge in [-0.25, -0.2) is 0 Å². The average Bonchev–Trinajstić information content (AvgIpc) is 2.94. The zero-order valence-corrected chi connectivity index (χ0v) is 13.6. The first kappa shape index (κ1) is 15.0. The summed E-state index contributed by atoms with van der Waals surface area (Å²) < 4.78 is 6.89. The third-order valence-electron chi connectivity index (χ3n) is 4.44. The van der Waals surface area contributed by atoms with Gasteiger partial charge >= 0.3 is 0 Å². The first-order valence-corrected chi connectivity index (χ1v) is 8.34. The van der Waals surface area contributed by atoms with Crippen LogP contribution in [-0.2, 0) is 9.53 Å². The molecular formula is C16H21BrN2O2. The Labute approximate surface area is 133 Å². The number of hydrogen-bond acceptors (Lipinski definition) is 3. The second-order valence-electron chi connectivity index (χ2n) is 5.97. The van der Waals surface area contributed by atoms with Gasteiger partial charge in [-0.15, -0.1) is 0 Å². The highest BCUT2D eigenvalue weighted by Gasteiger charge is 2.33. The molecule has 1 heterocycles. The summed E-state index contributed by atoms with van der Waals surface area (Å²) in [7, 11) is 0. The molecule has 5 heteroatoms. The van der Waals surface area contributed by atoms with E-state index in [1.165, 1.54) is 0 Å². The van der Waals surface area contributed by atoms with E-state index in [1.54, 1.807) is 0 Å². The number of amides is 1. The van der Waals surface area contributed by atoms with Gasteiger partial charge in [-0.05, 0) is 37.0 Å². The normalized spacial score (nSPS) is 29.6. The van der Waals surface area contributed by atoms with Gasteiger partial charge in [-0.1, -0.05) is 28.1 Å². The van der Waals surface area contributed by atoms with Crippen LogP contribution in [0.4, 0.5) is 0 Å². The molecule has 1 saturated heterocycles. The topological polar surface area (TPSA) is 55.6 Å². The highest BCUT2D eigenvalue weighted by Crippen LogP contribution is 2.29. The molecular weight excluding hydrogens is 332 g/mol. The van der Waals surface area contributed by atoms with Crippen molar-refractivity contribution in [1.82, 2.24) is 4.90 Å². The summed E-state index contributed by atoms with van der Waals surface area (Å²) in [5.41, 5.74) is 7.05. The molecule has 1 aromatic rings. The van der Waals surface area contributed by atoms with Crippen molar-refractivity contribution in [3.8, 4) is 0 Å². The molecule has 114 valence electrons. The monoisotopic (exact) mass is 352 g/mol. The Bertz CT molecular complexity index is 506. The van der Waals surface area contributed by atoms with Crippen molar-refractivity contribution in [2.75, 3.05) is 19.7 Å². The summed E-state index contributed by atoms with van der Waals surface area (Å²) in [5.74, 6) is 0.372. The Morgan fingerprint density at radius 3 is 2.71 bits per heavy atom. The molecule has 1 saturated carbocycles. The average molecular weight is 353 g/mol. The molecule has 3 rings (SSSR count).